The maximum atomic E-state index is 6.35. The lowest BCUT2D eigenvalue weighted by Crippen LogP contribution is -2.27. The van der Waals surface area contributed by atoms with Crippen LogP contribution in [0, 0.1) is 6.92 Å². The SMILES string of the molecule is Cc1cccc2c3ccccc3n3c4c5c(ccc6cc7c(cc65)oc5ccccc57)ccc4[n+](C)c3c12. The number of pyridine rings is 1. The molecule has 0 aliphatic rings. The monoisotopic (exact) mass is 487 g/mol. The van der Waals surface area contributed by atoms with Gasteiger partial charge in [-0.05, 0) is 65.0 Å². The van der Waals surface area contributed by atoms with Gasteiger partial charge in [-0.15, -0.1) is 0 Å². The zero-order valence-electron chi connectivity index (χ0n) is 21.1. The molecule has 0 unspecified atom stereocenters. The molecule has 3 heteroatoms. The number of aromatic nitrogens is 2. The van der Waals surface area contributed by atoms with Crippen molar-refractivity contribution in [3.05, 3.63) is 109 Å². The minimum absolute atomic E-state index is 0.930. The summed E-state index contributed by atoms with van der Waals surface area (Å²) in [4.78, 5) is 0. The van der Waals surface area contributed by atoms with E-state index in [-0.39, 0.29) is 0 Å². The molecule has 0 saturated heterocycles. The minimum atomic E-state index is 0.930. The number of imidazole rings is 1. The number of hydrogen-bond acceptors (Lipinski definition) is 1. The number of rotatable bonds is 0. The molecule has 0 radical (unpaired) electrons. The van der Waals surface area contributed by atoms with Crippen LogP contribution in [0.15, 0.2) is 108 Å². The highest BCUT2D eigenvalue weighted by Crippen LogP contribution is 2.40. The zero-order valence-corrected chi connectivity index (χ0v) is 21.1. The van der Waals surface area contributed by atoms with E-state index in [0.29, 0.717) is 0 Å². The van der Waals surface area contributed by atoms with E-state index in [2.05, 4.69) is 120 Å². The third-order valence-corrected chi connectivity index (χ3v) is 8.50. The van der Waals surface area contributed by atoms with E-state index in [0.717, 1.165) is 21.9 Å². The Labute approximate surface area is 217 Å². The highest BCUT2D eigenvalue weighted by Gasteiger charge is 2.26. The molecule has 0 amide bonds. The summed E-state index contributed by atoms with van der Waals surface area (Å²) in [7, 11) is 2.20. The van der Waals surface area contributed by atoms with Crippen LogP contribution < -0.4 is 4.57 Å². The van der Waals surface area contributed by atoms with E-state index in [4.69, 9.17) is 4.42 Å². The first-order valence-electron chi connectivity index (χ1n) is 13.1. The van der Waals surface area contributed by atoms with Gasteiger partial charge in [0.1, 0.15) is 16.7 Å². The number of furan rings is 1. The molecule has 0 atom stereocenters. The van der Waals surface area contributed by atoms with Gasteiger partial charge >= 0.3 is 0 Å². The first-order chi connectivity index (χ1) is 18.7. The predicted molar refractivity (Wildman–Crippen MR) is 158 cm³/mol. The normalized spacial score (nSPS) is 12.5. The quantitative estimate of drug-likeness (QED) is 0.155. The summed E-state index contributed by atoms with van der Waals surface area (Å²) >= 11 is 0. The molecule has 0 N–H and O–H groups in total. The number of hydrogen-bond donors (Lipinski definition) is 0. The minimum Gasteiger partial charge on any atom is -0.456 e. The van der Waals surface area contributed by atoms with Gasteiger partial charge in [0.15, 0.2) is 11.0 Å². The Morgan fingerprint density at radius 1 is 0.605 bits per heavy atom. The predicted octanol–water partition coefficient (Wildman–Crippen LogP) is 8.74. The van der Waals surface area contributed by atoms with Crippen molar-refractivity contribution < 1.29 is 8.98 Å². The zero-order chi connectivity index (χ0) is 25.1. The van der Waals surface area contributed by atoms with Crippen LogP contribution in [-0.4, -0.2) is 4.40 Å². The summed E-state index contributed by atoms with van der Waals surface area (Å²) < 4.78 is 11.2. The summed E-state index contributed by atoms with van der Waals surface area (Å²) in [5.74, 6) is 0. The lowest BCUT2D eigenvalue weighted by Gasteiger charge is -2.08. The summed E-state index contributed by atoms with van der Waals surface area (Å²) in [5.41, 5.74) is 8.05. The van der Waals surface area contributed by atoms with Gasteiger partial charge < -0.3 is 4.42 Å². The van der Waals surface area contributed by atoms with E-state index < -0.39 is 0 Å². The summed E-state index contributed by atoms with van der Waals surface area (Å²) in [6, 6.07) is 37.4. The standard InChI is InChI=1S/C35H23N2O/c1-20-8-7-11-25-23-9-3-5-12-28(23)37-34-29(36(2)35(37)32(20)25)17-16-21-14-15-22-18-27-24-10-4-6-13-30(24)38-31(27)19-26(22)33(21)34/h3-19H,1-2H3/q+1. The Balaban J connectivity index is 1.60. The molecule has 0 bridgehead atoms. The number of para-hydroxylation sites is 2. The van der Waals surface area contributed by atoms with Crippen molar-refractivity contribution in [3.63, 3.8) is 0 Å². The molecule has 3 aromatic heterocycles. The van der Waals surface area contributed by atoms with Crippen molar-refractivity contribution in [2.24, 2.45) is 7.05 Å². The number of benzene rings is 6. The Morgan fingerprint density at radius 2 is 1.37 bits per heavy atom. The van der Waals surface area contributed by atoms with E-state index in [1.807, 2.05) is 6.07 Å². The third-order valence-electron chi connectivity index (χ3n) is 8.50. The van der Waals surface area contributed by atoms with Crippen molar-refractivity contribution in [1.29, 1.82) is 0 Å². The second-order valence-electron chi connectivity index (χ2n) is 10.5. The van der Waals surface area contributed by atoms with Gasteiger partial charge in [0.05, 0.1) is 12.4 Å². The fourth-order valence-electron chi connectivity index (χ4n) is 6.81. The van der Waals surface area contributed by atoms with Crippen LogP contribution in [0.25, 0.3) is 81.8 Å². The van der Waals surface area contributed by atoms with Crippen LogP contribution in [0.1, 0.15) is 5.56 Å². The van der Waals surface area contributed by atoms with Crippen LogP contribution in [0.3, 0.4) is 0 Å². The van der Waals surface area contributed by atoms with Crippen LogP contribution in [0.2, 0.25) is 0 Å². The lowest BCUT2D eigenvalue weighted by molar-refractivity contribution is -0.617. The molecule has 3 heterocycles. The molecule has 0 spiro atoms. The fraction of sp³-hybridized carbons (Fsp3) is 0.0571. The molecule has 9 aromatic rings. The Morgan fingerprint density at radius 3 is 2.29 bits per heavy atom. The molecule has 38 heavy (non-hydrogen) atoms. The molecule has 3 nitrogen and oxygen atoms in total. The van der Waals surface area contributed by atoms with Crippen LogP contribution >= 0.6 is 0 Å². The number of fused-ring (bicyclic) bond motifs is 15. The average molecular weight is 488 g/mol. The Bertz CT molecular complexity index is 2480. The second-order valence-corrected chi connectivity index (χ2v) is 10.5. The first kappa shape index (κ1) is 20.2. The number of aryl methyl sites for hydroxylation is 2. The summed E-state index contributed by atoms with van der Waals surface area (Å²) in [6.07, 6.45) is 0. The van der Waals surface area contributed by atoms with Gasteiger partial charge in [-0.3, -0.25) is 0 Å². The van der Waals surface area contributed by atoms with Gasteiger partial charge in [0.25, 0.3) is 5.65 Å². The van der Waals surface area contributed by atoms with Crippen molar-refractivity contribution >= 4 is 81.8 Å². The Hall–Kier alpha value is -4.89. The van der Waals surface area contributed by atoms with Crippen LogP contribution in [0.4, 0.5) is 0 Å². The highest BCUT2D eigenvalue weighted by atomic mass is 16.3. The molecule has 0 saturated carbocycles. The highest BCUT2D eigenvalue weighted by molar-refractivity contribution is 6.24. The molecule has 178 valence electrons. The molecule has 6 aromatic carbocycles. The lowest BCUT2D eigenvalue weighted by atomic mass is 9.98. The largest absolute Gasteiger partial charge is 0.456 e. The molecule has 0 aliphatic heterocycles. The van der Waals surface area contributed by atoms with Gasteiger partial charge in [-0.25, -0.2) is 4.57 Å². The summed E-state index contributed by atoms with van der Waals surface area (Å²) in [6.45, 7) is 2.22. The summed E-state index contributed by atoms with van der Waals surface area (Å²) in [5, 5.41) is 11.1. The number of nitrogens with zero attached hydrogens (tertiary/aromatic N) is 2. The molecular formula is C35H23N2O+. The maximum Gasteiger partial charge on any atom is 0.295 e. The van der Waals surface area contributed by atoms with Gasteiger partial charge in [-0.1, -0.05) is 66.7 Å². The van der Waals surface area contributed by atoms with E-state index in [9.17, 15) is 0 Å². The van der Waals surface area contributed by atoms with Crippen molar-refractivity contribution in [2.45, 2.75) is 6.92 Å². The van der Waals surface area contributed by atoms with Crippen molar-refractivity contribution in [3.8, 4) is 0 Å². The topological polar surface area (TPSA) is 21.4 Å². The van der Waals surface area contributed by atoms with Crippen LogP contribution in [0.5, 0.6) is 0 Å². The first-order valence-corrected chi connectivity index (χ1v) is 13.1. The van der Waals surface area contributed by atoms with E-state index in [1.54, 1.807) is 0 Å². The van der Waals surface area contributed by atoms with E-state index in [1.165, 1.54) is 65.5 Å². The van der Waals surface area contributed by atoms with E-state index >= 15 is 0 Å². The van der Waals surface area contributed by atoms with Gasteiger partial charge in [-0.2, -0.15) is 4.40 Å². The molecule has 9 rings (SSSR count). The smallest absolute Gasteiger partial charge is 0.295 e. The Kier molecular flexibility index (Phi) is 3.67. The van der Waals surface area contributed by atoms with Crippen molar-refractivity contribution in [1.82, 2.24) is 4.40 Å². The molecule has 0 aliphatic carbocycles. The average Bonchev–Trinajstić information content (AvgIpc) is 3.46. The second kappa shape index (κ2) is 6.90. The maximum absolute atomic E-state index is 6.35. The van der Waals surface area contributed by atoms with Gasteiger partial charge in [0, 0.05) is 26.9 Å². The molecule has 0 fully saturated rings. The molecular weight excluding hydrogens is 464 g/mol. The van der Waals surface area contributed by atoms with Gasteiger partial charge in [0.2, 0.25) is 0 Å². The van der Waals surface area contributed by atoms with Crippen molar-refractivity contribution in [2.75, 3.05) is 0 Å². The van der Waals surface area contributed by atoms with Crippen LogP contribution in [-0.2, 0) is 7.05 Å². The third kappa shape index (κ3) is 2.37. The fourth-order valence-corrected chi connectivity index (χ4v) is 6.81.